The maximum absolute atomic E-state index is 12.3. The summed E-state index contributed by atoms with van der Waals surface area (Å²) < 4.78 is 35.4. The number of ether oxygens (including phenoxy) is 2. The van der Waals surface area contributed by atoms with Crippen molar-refractivity contribution in [1.29, 1.82) is 0 Å². The van der Waals surface area contributed by atoms with E-state index < -0.39 is 21.9 Å². The summed E-state index contributed by atoms with van der Waals surface area (Å²) in [6.45, 7) is 4.29. The summed E-state index contributed by atoms with van der Waals surface area (Å²) in [5.41, 5.74) is 6.03. The van der Waals surface area contributed by atoms with E-state index in [4.69, 9.17) is 20.0 Å². The Labute approximate surface area is 176 Å². The lowest BCUT2D eigenvalue weighted by molar-refractivity contribution is -0.148. The summed E-state index contributed by atoms with van der Waals surface area (Å²) in [5, 5.41) is 0. The van der Waals surface area contributed by atoms with E-state index in [9.17, 15) is 13.2 Å². The highest BCUT2D eigenvalue weighted by atomic mass is 32.2. The zero-order valence-electron chi connectivity index (χ0n) is 16.8. The number of nitrogens with one attached hydrogen (secondary N) is 1. The lowest BCUT2D eigenvalue weighted by Gasteiger charge is -2.13. The number of nitrogens with two attached hydrogens (primary N) is 1. The van der Waals surface area contributed by atoms with Crippen molar-refractivity contribution in [3.05, 3.63) is 54.1 Å². The summed E-state index contributed by atoms with van der Waals surface area (Å²) in [7, 11) is -4.04. The Hall–Kier alpha value is -3.06. The van der Waals surface area contributed by atoms with Gasteiger partial charge in [0.05, 0.1) is 10.8 Å². The van der Waals surface area contributed by atoms with E-state index in [1.165, 1.54) is 24.3 Å². The number of benzene rings is 2. The van der Waals surface area contributed by atoms with E-state index in [0.29, 0.717) is 30.2 Å². The minimum absolute atomic E-state index is 0.0710. The molecule has 0 fully saturated rings. The van der Waals surface area contributed by atoms with Crippen molar-refractivity contribution in [3.8, 4) is 23.3 Å². The average Bonchev–Trinajstić information content (AvgIpc) is 2.76. The minimum Gasteiger partial charge on any atom is -0.492 e. The molecule has 3 N–H and O–H groups in total. The molecule has 1 atom stereocenters. The first-order chi connectivity index (χ1) is 14.4. The molecule has 0 aromatic heterocycles. The van der Waals surface area contributed by atoms with Crippen molar-refractivity contribution in [2.45, 2.75) is 24.7 Å². The largest absolute Gasteiger partial charge is 0.492 e. The van der Waals surface area contributed by atoms with Crippen LogP contribution in [0.5, 0.6) is 11.5 Å². The van der Waals surface area contributed by atoms with Crippen LogP contribution in [0, 0.1) is 11.8 Å². The van der Waals surface area contributed by atoms with Gasteiger partial charge in [-0.1, -0.05) is 18.1 Å². The molecule has 0 saturated heterocycles. The third-order valence-electron chi connectivity index (χ3n) is 3.99. The molecule has 0 aliphatic carbocycles. The molecule has 0 amide bonds. The Morgan fingerprint density at radius 2 is 1.67 bits per heavy atom. The third kappa shape index (κ3) is 6.77. The monoisotopic (exact) mass is 432 g/mol. The van der Waals surface area contributed by atoms with Crippen molar-refractivity contribution in [1.82, 2.24) is 4.89 Å². The highest BCUT2D eigenvalue weighted by Crippen LogP contribution is 2.21. The molecule has 0 saturated carbocycles. The van der Waals surface area contributed by atoms with Gasteiger partial charge in [0.25, 0.3) is 10.0 Å². The molecule has 0 heterocycles. The van der Waals surface area contributed by atoms with Gasteiger partial charge in [0.1, 0.15) is 24.7 Å². The van der Waals surface area contributed by atoms with Gasteiger partial charge in [-0.05, 0) is 60.7 Å². The predicted octanol–water partition coefficient (Wildman–Crippen LogP) is 1.97. The third-order valence-corrected chi connectivity index (χ3v) is 5.19. The molecule has 2 rings (SSSR count). The molecule has 2 aromatic carbocycles. The number of hydrogen-bond donors (Lipinski definition) is 2. The van der Waals surface area contributed by atoms with Crippen LogP contribution in [-0.2, 0) is 19.7 Å². The van der Waals surface area contributed by atoms with Crippen LogP contribution in [0.3, 0.4) is 0 Å². The van der Waals surface area contributed by atoms with Gasteiger partial charge in [0.2, 0.25) is 0 Å². The Balaban J connectivity index is 1.94. The summed E-state index contributed by atoms with van der Waals surface area (Å²) in [6.07, 6.45) is 0. The number of rotatable bonds is 10. The molecule has 0 bridgehead atoms. The van der Waals surface area contributed by atoms with Crippen molar-refractivity contribution in [3.63, 3.8) is 0 Å². The second-order valence-corrected chi connectivity index (χ2v) is 7.77. The molecule has 160 valence electrons. The first kappa shape index (κ1) is 23.2. The molecular formula is C21H24N2O6S. The second kappa shape index (κ2) is 11.2. The lowest BCUT2D eigenvalue weighted by atomic mass is 10.0. The van der Waals surface area contributed by atoms with Gasteiger partial charge in [-0.25, -0.2) is 13.2 Å². The van der Waals surface area contributed by atoms with E-state index >= 15 is 0 Å². The molecular weight excluding hydrogens is 408 g/mol. The van der Waals surface area contributed by atoms with E-state index in [1.807, 2.05) is 4.89 Å². The maximum Gasteiger partial charge on any atom is 0.333 e. The molecule has 30 heavy (non-hydrogen) atoms. The Bertz CT molecular complexity index is 993. The smallest absolute Gasteiger partial charge is 0.333 e. The number of carbonyl (C=O) groups is 1. The Morgan fingerprint density at radius 3 is 2.27 bits per heavy atom. The molecule has 2 aromatic rings. The SMILES string of the molecule is CC#CCOc1ccc(S(=O)(=O)NOC(=O)[C@H](C)c2ccc(OCCN)cc2)cc1. The van der Waals surface area contributed by atoms with E-state index in [2.05, 4.69) is 11.8 Å². The number of sulfonamides is 1. The molecule has 8 nitrogen and oxygen atoms in total. The van der Waals surface area contributed by atoms with Crippen molar-refractivity contribution in [2.24, 2.45) is 5.73 Å². The summed E-state index contributed by atoms with van der Waals surface area (Å²) >= 11 is 0. The highest BCUT2D eigenvalue weighted by molar-refractivity contribution is 7.89. The standard InChI is InChI=1S/C21H24N2O6S/c1-3-4-14-27-19-9-11-20(12-10-19)30(25,26)23-29-21(24)16(2)17-5-7-18(8-6-17)28-15-13-22/h5-12,16,23H,13-15,22H2,1-2H3/t16-/m1/s1. The van der Waals surface area contributed by atoms with Gasteiger partial charge in [-0.2, -0.15) is 0 Å². The van der Waals surface area contributed by atoms with Gasteiger partial charge in [-0.3, -0.25) is 0 Å². The molecule has 0 spiro atoms. The average molecular weight is 432 g/mol. The van der Waals surface area contributed by atoms with Crippen molar-refractivity contribution in [2.75, 3.05) is 19.8 Å². The zero-order chi connectivity index (χ0) is 22.0. The lowest BCUT2D eigenvalue weighted by Crippen LogP contribution is -2.29. The second-order valence-electron chi connectivity index (χ2n) is 6.12. The van der Waals surface area contributed by atoms with Crippen LogP contribution in [-0.4, -0.2) is 34.1 Å². The minimum atomic E-state index is -4.04. The number of carbonyl (C=O) groups excluding carboxylic acids is 1. The van der Waals surface area contributed by atoms with Crippen molar-refractivity contribution >= 4 is 16.0 Å². The molecule has 9 heteroatoms. The first-order valence-electron chi connectivity index (χ1n) is 9.15. The molecule has 0 aliphatic heterocycles. The molecule has 0 radical (unpaired) electrons. The van der Waals surface area contributed by atoms with Gasteiger partial charge < -0.3 is 20.0 Å². The summed E-state index contributed by atoms with van der Waals surface area (Å²) in [4.78, 5) is 18.8. The fourth-order valence-corrected chi connectivity index (χ4v) is 3.09. The van der Waals surface area contributed by atoms with Crippen LogP contribution in [0.15, 0.2) is 53.4 Å². The van der Waals surface area contributed by atoms with E-state index in [0.717, 1.165) is 0 Å². The van der Waals surface area contributed by atoms with Gasteiger partial charge in [-0.15, -0.1) is 5.92 Å². The van der Waals surface area contributed by atoms with Crippen LogP contribution < -0.4 is 20.1 Å². The number of hydrogen-bond acceptors (Lipinski definition) is 7. The van der Waals surface area contributed by atoms with Gasteiger partial charge in [0, 0.05) is 6.54 Å². The van der Waals surface area contributed by atoms with E-state index in [-0.39, 0.29) is 11.5 Å². The van der Waals surface area contributed by atoms with Crippen molar-refractivity contribution < 1.29 is 27.5 Å². The van der Waals surface area contributed by atoms with Gasteiger partial charge in [0.15, 0.2) is 0 Å². The summed E-state index contributed by atoms with van der Waals surface area (Å²) in [6, 6.07) is 12.5. The van der Waals surface area contributed by atoms with E-state index in [1.54, 1.807) is 38.1 Å². The van der Waals surface area contributed by atoms with Crippen LogP contribution >= 0.6 is 0 Å². The van der Waals surface area contributed by atoms with Crippen LogP contribution in [0.4, 0.5) is 0 Å². The zero-order valence-corrected chi connectivity index (χ0v) is 17.6. The topological polar surface area (TPSA) is 117 Å². The fourth-order valence-electron chi connectivity index (χ4n) is 2.30. The maximum atomic E-state index is 12.3. The molecule has 0 unspecified atom stereocenters. The summed E-state index contributed by atoms with van der Waals surface area (Å²) in [5.74, 6) is 5.10. The quantitative estimate of drug-likeness (QED) is 0.435. The normalized spacial score (nSPS) is 11.7. The van der Waals surface area contributed by atoms with Crippen LogP contribution in [0.2, 0.25) is 0 Å². The molecule has 0 aliphatic rings. The highest BCUT2D eigenvalue weighted by Gasteiger charge is 2.21. The predicted molar refractivity (Wildman–Crippen MR) is 111 cm³/mol. The first-order valence-corrected chi connectivity index (χ1v) is 10.6. The Kier molecular flexibility index (Phi) is 8.68. The Morgan fingerprint density at radius 1 is 1.07 bits per heavy atom. The fraction of sp³-hybridized carbons (Fsp3) is 0.286. The van der Waals surface area contributed by atoms with Crippen LogP contribution in [0.1, 0.15) is 25.3 Å². The van der Waals surface area contributed by atoms with Crippen LogP contribution in [0.25, 0.3) is 0 Å². The van der Waals surface area contributed by atoms with Gasteiger partial charge >= 0.3 is 5.97 Å².